The van der Waals surface area contributed by atoms with Crippen LogP contribution in [0.25, 0.3) is 32.9 Å². The molecule has 9 rings (SSSR count). The van der Waals surface area contributed by atoms with Crippen LogP contribution in [0.4, 0.5) is 20.3 Å². The van der Waals surface area contributed by atoms with Crippen molar-refractivity contribution < 1.29 is 57.1 Å². The Balaban J connectivity index is 0.660. The Labute approximate surface area is 520 Å². The number of aromatic nitrogens is 6. The van der Waals surface area contributed by atoms with Gasteiger partial charge in [0.25, 0.3) is 6.43 Å². The van der Waals surface area contributed by atoms with E-state index >= 15 is 0 Å². The highest BCUT2D eigenvalue weighted by Gasteiger charge is 2.45. The number of likely N-dealkylation sites (tertiary alicyclic amines) is 2. The second kappa shape index (κ2) is 30.0. The number of nitrogens with one attached hydrogen (secondary N) is 2. The van der Waals surface area contributed by atoms with Crippen LogP contribution in [0, 0.1) is 18.3 Å². The number of imidazole rings is 1. The van der Waals surface area contributed by atoms with Crippen LogP contribution in [0.5, 0.6) is 5.75 Å². The lowest BCUT2D eigenvalue weighted by molar-refractivity contribution is -0.144. The number of fused-ring (bicyclic) bond motifs is 1. The molecule has 0 saturated carbocycles. The molecule has 0 aliphatic carbocycles. The van der Waals surface area contributed by atoms with Gasteiger partial charge in [0.15, 0.2) is 11.5 Å². The minimum absolute atomic E-state index is 0.000883. The number of nitrogen functional groups attached to an aromatic ring is 1. The Morgan fingerprint density at radius 1 is 0.899 bits per heavy atom. The highest BCUT2D eigenvalue weighted by Crippen LogP contribution is 2.37. The van der Waals surface area contributed by atoms with Gasteiger partial charge in [-0.2, -0.15) is 0 Å². The van der Waals surface area contributed by atoms with Gasteiger partial charge in [-0.25, -0.2) is 28.7 Å². The van der Waals surface area contributed by atoms with E-state index in [1.165, 1.54) is 11.2 Å². The molecule has 6 aromatic rings. The molecule has 5 atom stereocenters. The summed E-state index contributed by atoms with van der Waals surface area (Å²) in [4.78, 5) is 82.2. The lowest BCUT2D eigenvalue weighted by Gasteiger charge is -2.44. The molecule has 4 amide bonds. The number of halogens is 2. The largest absolute Gasteiger partial charge is 0.496 e. The normalized spacial score (nSPS) is 19.0. The summed E-state index contributed by atoms with van der Waals surface area (Å²) in [5.74, 6) is 0.0496. The molecule has 8 N–H and O–H groups in total. The summed E-state index contributed by atoms with van der Waals surface area (Å²) in [6.45, 7) is 11.2. The zero-order valence-electron chi connectivity index (χ0n) is 51.2. The molecule has 7 heterocycles. The third kappa shape index (κ3) is 16.7. The molecular formula is C63H83F2N13O10S. The maximum absolute atomic E-state index is 14.0. The number of carbonyl (C=O) groups is 4. The molecule has 0 bridgehead atoms. The summed E-state index contributed by atoms with van der Waals surface area (Å²) >= 11 is 1.56. The number of carbonyl (C=O) groups excluding carboxylic acids is 4. The number of pyridine rings is 1. The number of methoxy groups -OCH3 is 1. The quantitative estimate of drug-likeness (QED) is 0.0356. The van der Waals surface area contributed by atoms with E-state index in [1.54, 1.807) is 36.5 Å². The Morgan fingerprint density at radius 3 is 2.29 bits per heavy atom. The predicted molar refractivity (Wildman–Crippen MR) is 332 cm³/mol. The van der Waals surface area contributed by atoms with Crippen LogP contribution in [-0.2, 0) is 52.9 Å². The summed E-state index contributed by atoms with van der Waals surface area (Å²) in [6.07, 6.45) is 2.38. The van der Waals surface area contributed by atoms with E-state index in [2.05, 4.69) is 36.6 Å². The van der Waals surface area contributed by atoms with E-state index in [4.69, 9.17) is 35.4 Å². The average molecular weight is 1250 g/mol. The minimum Gasteiger partial charge on any atom is -0.496 e. The van der Waals surface area contributed by atoms with Crippen LogP contribution in [0.2, 0.25) is 0 Å². The zero-order valence-corrected chi connectivity index (χ0v) is 52.1. The second-order valence-electron chi connectivity index (χ2n) is 24.4. The number of nitrogens with zero attached hydrogens (tertiary/aromatic N) is 9. The van der Waals surface area contributed by atoms with E-state index in [-0.39, 0.29) is 102 Å². The number of benzene rings is 2. The Bertz CT molecular complexity index is 3380. The molecule has 0 spiro atoms. The lowest BCUT2D eigenvalue weighted by atomic mass is 9.84. The van der Waals surface area contributed by atoms with E-state index in [0.29, 0.717) is 73.5 Å². The number of thiazole rings is 1. The van der Waals surface area contributed by atoms with Gasteiger partial charge in [0.1, 0.15) is 35.8 Å². The fraction of sp³-hybridized carbons (Fsp3) is 0.540. The number of amides is 4. The molecule has 3 aliphatic heterocycles. The summed E-state index contributed by atoms with van der Waals surface area (Å²) in [5, 5.41) is 26.8. The first-order valence-electron chi connectivity index (χ1n) is 30.3. The van der Waals surface area contributed by atoms with Crippen molar-refractivity contribution in [2.45, 2.75) is 128 Å². The topological polar surface area (TPSA) is 301 Å². The number of aryl methyl sites for hydroxylation is 1. The van der Waals surface area contributed by atoms with Gasteiger partial charge in [0.2, 0.25) is 23.6 Å². The number of aliphatic hydroxyl groups excluding tert-OH is 2. The highest BCUT2D eigenvalue weighted by molar-refractivity contribution is 7.13. The molecule has 3 saturated heterocycles. The molecule has 0 unspecified atom stereocenters. The number of ether oxygens (including phenoxy) is 4. The number of β-amino-alcohol motifs (C(OH)–C–C–N with tert-alkyl or cyclic N) is 1. The van der Waals surface area contributed by atoms with Crippen LogP contribution in [0.3, 0.4) is 0 Å². The Hall–Kier alpha value is -7.33. The van der Waals surface area contributed by atoms with Crippen molar-refractivity contribution in [2.24, 2.45) is 17.1 Å². The van der Waals surface area contributed by atoms with Crippen molar-refractivity contribution in [2.75, 3.05) is 90.1 Å². The Morgan fingerprint density at radius 2 is 1.61 bits per heavy atom. The Kier molecular flexibility index (Phi) is 22.3. The van der Waals surface area contributed by atoms with Crippen molar-refractivity contribution >= 4 is 57.6 Å². The van der Waals surface area contributed by atoms with E-state index in [1.807, 2.05) is 84.5 Å². The van der Waals surface area contributed by atoms with Gasteiger partial charge in [-0.15, -0.1) is 11.3 Å². The van der Waals surface area contributed by atoms with Gasteiger partial charge in [0, 0.05) is 57.7 Å². The molecule has 0 radical (unpaired) electrons. The van der Waals surface area contributed by atoms with Crippen molar-refractivity contribution in [3.05, 3.63) is 95.3 Å². The van der Waals surface area contributed by atoms with E-state index < -0.39 is 47.6 Å². The standard InChI is InChI=1S/C63H83F2N13O10S/c1-39-54(89-38-73-39)43-10-7-41(8-11-43)31-69-60(83)48-30-45(79)34-78(48)61(84)55(62(2,3)4)74-51(80)15-21-86-23-25-88-26-24-87-22-16-52(81)75-19-13-40(14-20-75)27-42-9-12-46(50(28-42)85-5)47-29-44(33-77-37-72-53-58(66)70-36-71-59(53)77)49(32-68-47)76-18-6-17-63(67,35-76)56(82)57(64)65/h7-12,28-29,32,36-38,40,45,48,55-57,79,82H,6,13-27,30-31,33-35,67H2,1-5H3,(H,69,83)(H,74,80)(H2,66,70,71)/t45-,48+,55-,56+,63-/m1/s1. The van der Waals surface area contributed by atoms with E-state index in [9.17, 15) is 38.2 Å². The first-order chi connectivity index (χ1) is 42.7. The molecule has 3 fully saturated rings. The number of aliphatic hydroxyl groups is 2. The lowest BCUT2D eigenvalue weighted by Crippen LogP contribution is -2.63. The molecule has 89 heavy (non-hydrogen) atoms. The van der Waals surface area contributed by atoms with E-state index in [0.717, 1.165) is 57.7 Å². The number of alkyl halides is 2. The van der Waals surface area contributed by atoms with Crippen LogP contribution < -0.4 is 31.7 Å². The molecule has 3 aliphatic rings. The summed E-state index contributed by atoms with van der Waals surface area (Å²) in [5.41, 5.74) is 19.9. The van der Waals surface area contributed by atoms with Crippen molar-refractivity contribution in [3.63, 3.8) is 0 Å². The first-order valence-corrected chi connectivity index (χ1v) is 31.2. The number of rotatable bonds is 27. The van der Waals surface area contributed by atoms with Crippen molar-refractivity contribution in [1.82, 2.24) is 49.9 Å². The number of anilines is 2. The maximum atomic E-state index is 14.0. The SMILES string of the molecule is COc1cc(CC2CCN(C(=O)CCOCCOCCOCCC(=O)N[C@H](C(=O)N3C[C@H](O)C[C@H]3C(=O)NCc3ccc(-c4scnc4C)cc3)C(C)(C)C)CC2)ccc1-c1cc(Cn2cnc3c(N)ncnc32)c(N2CCC[C@](N)([C@@H](O)C(F)F)C2)cn1. The number of hydrogen-bond donors (Lipinski definition) is 6. The fourth-order valence-electron chi connectivity index (χ4n) is 11.9. The molecule has 2 aromatic carbocycles. The molecule has 23 nitrogen and oxygen atoms in total. The third-order valence-electron chi connectivity index (χ3n) is 16.9. The van der Waals surface area contributed by atoms with Crippen molar-refractivity contribution in [3.8, 4) is 27.4 Å². The number of piperidine rings is 2. The number of nitrogens with two attached hydrogens (primary N) is 2. The highest BCUT2D eigenvalue weighted by atomic mass is 32.1. The number of hydrogen-bond acceptors (Lipinski definition) is 19. The van der Waals surface area contributed by atoms with Gasteiger partial charge >= 0.3 is 0 Å². The molecule has 26 heteroatoms. The fourth-order valence-corrected chi connectivity index (χ4v) is 12.7. The van der Waals surface area contributed by atoms with Crippen LogP contribution >= 0.6 is 11.3 Å². The second-order valence-corrected chi connectivity index (χ2v) is 25.2. The van der Waals surface area contributed by atoms with Gasteiger partial charge in [-0.1, -0.05) is 51.1 Å². The molecular weight excluding hydrogens is 1170 g/mol. The average Bonchev–Trinajstić information content (AvgIpc) is 3.12. The zero-order chi connectivity index (χ0) is 63.4. The minimum atomic E-state index is -2.99. The van der Waals surface area contributed by atoms with Gasteiger partial charge in [0.05, 0.1) is 111 Å². The summed E-state index contributed by atoms with van der Waals surface area (Å²) in [7, 11) is 1.61. The van der Waals surface area contributed by atoms with Gasteiger partial charge < -0.3 is 70.5 Å². The summed E-state index contributed by atoms with van der Waals surface area (Å²) in [6, 6.07) is 14.0. The van der Waals surface area contributed by atoms with Crippen LogP contribution in [0.1, 0.15) is 88.1 Å². The van der Waals surface area contributed by atoms with Crippen LogP contribution in [-0.4, -0.2) is 189 Å². The molecule has 480 valence electrons. The monoisotopic (exact) mass is 1250 g/mol. The van der Waals surface area contributed by atoms with Gasteiger partial charge in [-0.05, 0) is 90.8 Å². The summed E-state index contributed by atoms with van der Waals surface area (Å²) < 4.78 is 52.4. The molecule has 4 aromatic heterocycles. The van der Waals surface area contributed by atoms with Crippen molar-refractivity contribution in [1.29, 1.82) is 0 Å². The maximum Gasteiger partial charge on any atom is 0.265 e. The smallest absolute Gasteiger partial charge is 0.265 e. The van der Waals surface area contributed by atoms with Gasteiger partial charge in [-0.3, -0.25) is 24.2 Å². The predicted octanol–water partition coefficient (Wildman–Crippen LogP) is 5.30. The van der Waals surface area contributed by atoms with Crippen LogP contribution in [0.15, 0.2) is 72.9 Å². The third-order valence-corrected chi connectivity index (χ3v) is 17.9. The first kappa shape index (κ1) is 66.1.